The van der Waals surface area contributed by atoms with Crippen LogP contribution in [0.3, 0.4) is 0 Å². The molecule has 0 radical (unpaired) electrons. The van der Waals surface area contributed by atoms with Crippen molar-refractivity contribution in [2.24, 2.45) is 11.1 Å². The van der Waals surface area contributed by atoms with Crippen LogP contribution in [0.4, 0.5) is 0 Å². The number of nitrogens with zero attached hydrogens (tertiary/aromatic N) is 1. The predicted octanol–water partition coefficient (Wildman–Crippen LogP) is 1.80. The number of thioether (sulfide) groups is 1. The fraction of sp³-hybridized carbons (Fsp3) is 1.00. The summed E-state index contributed by atoms with van der Waals surface area (Å²) in [6, 6.07) is 0.755. The first-order valence-electron chi connectivity index (χ1n) is 5.48. The fourth-order valence-electron chi connectivity index (χ4n) is 2.16. The molecule has 2 nitrogen and oxygen atoms in total. The van der Waals surface area contributed by atoms with Crippen molar-refractivity contribution < 1.29 is 0 Å². The summed E-state index contributed by atoms with van der Waals surface area (Å²) in [5.41, 5.74) is 6.01. The molecule has 0 bridgehead atoms. The van der Waals surface area contributed by atoms with Gasteiger partial charge in [0.15, 0.2) is 0 Å². The third-order valence-electron chi connectivity index (χ3n) is 3.13. The highest BCUT2D eigenvalue weighted by atomic mass is 32.2. The van der Waals surface area contributed by atoms with Crippen molar-refractivity contribution in [3.63, 3.8) is 0 Å². The molecule has 1 aliphatic rings. The monoisotopic (exact) mass is 216 g/mol. The summed E-state index contributed by atoms with van der Waals surface area (Å²) < 4.78 is 0. The molecule has 1 fully saturated rings. The van der Waals surface area contributed by atoms with Gasteiger partial charge >= 0.3 is 0 Å². The maximum atomic E-state index is 5.76. The van der Waals surface area contributed by atoms with Crippen LogP contribution in [0.2, 0.25) is 0 Å². The van der Waals surface area contributed by atoms with Gasteiger partial charge < -0.3 is 10.6 Å². The minimum atomic E-state index is 0.252. The predicted molar refractivity (Wildman–Crippen MR) is 65.8 cm³/mol. The normalized spacial score (nSPS) is 28.7. The van der Waals surface area contributed by atoms with E-state index in [4.69, 9.17) is 5.73 Å². The molecule has 1 rings (SSSR count). The Bertz CT molecular complexity index is 182. The van der Waals surface area contributed by atoms with Gasteiger partial charge in [0, 0.05) is 17.8 Å². The van der Waals surface area contributed by atoms with E-state index in [0.717, 1.165) is 24.4 Å². The van der Waals surface area contributed by atoms with Crippen LogP contribution >= 0.6 is 11.8 Å². The summed E-state index contributed by atoms with van der Waals surface area (Å²) in [6.45, 7) is 8.71. The van der Waals surface area contributed by atoms with Gasteiger partial charge in [-0.2, -0.15) is 11.8 Å². The molecular formula is C11H24N2S. The van der Waals surface area contributed by atoms with Gasteiger partial charge in [-0.25, -0.2) is 0 Å². The molecule has 1 saturated heterocycles. The Hall–Kier alpha value is 0.270. The van der Waals surface area contributed by atoms with Crippen molar-refractivity contribution in [2.75, 3.05) is 25.9 Å². The van der Waals surface area contributed by atoms with E-state index in [0.29, 0.717) is 0 Å². The summed E-state index contributed by atoms with van der Waals surface area (Å²) >= 11 is 2.09. The van der Waals surface area contributed by atoms with Crippen molar-refractivity contribution in [2.45, 2.75) is 38.5 Å². The zero-order chi connectivity index (χ0) is 10.8. The molecule has 1 heterocycles. The largest absolute Gasteiger partial charge is 0.330 e. The van der Waals surface area contributed by atoms with Gasteiger partial charge in [-0.15, -0.1) is 0 Å². The van der Waals surface area contributed by atoms with E-state index in [1.807, 2.05) is 0 Å². The summed E-state index contributed by atoms with van der Waals surface area (Å²) in [7, 11) is 2.24. The maximum absolute atomic E-state index is 5.76. The molecule has 1 aliphatic heterocycles. The van der Waals surface area contributed by atoms with Crippen molar-refractivity contribution in [1.82, 2.24) is 4.90 Å². The molecule has 14 heavy (non-hydrogen) atoms. The summed E-state index contributed by atoms with van der Waals surface area (Å²) in [6.07, 6.45) is 1.34. The molecule has 0 aromatic heterocycles. The van der Waals surface area contributed by atoms with Crippen molar-refractivity contribution in [1.29, 1.82) is 0 Å². The standard InChI is InChI=1S/C11H24N2S/c1-9-10(5-6-14-9)13(4)8-11(2,3)7-12/h9-10H,5-8,12H2,1-4H3. The average molecular weight is 216 g/mol. The molecule has 0 aliphatic carbocycles. The van der Waals surface area contributed by atoms with E-state index in [2.05, 4.69) is 44.5 Å². The molecule has 2 unspecified atom stereocenters. The Balaban J connectivity index is 2.45. The minimum absolute atomic E-state index is 0.252. The van der Waals surface area contributed by atoms with E-state index in [-0.39, 0.29) is 5.41 Å². The molecule has 0 saturated carbocycles. The van der Waals surface area contributed by atoms with E-state index in [1.165, 1.54) is 12.2 Å². The van der Waals surface area contributed by atoms with Crippen LogP contribution in [-0.4, -0.2) is 42.1 Å². The van der Waals surface area contributed by atoms with Crippen LogP contribution in [-0.2, 0) is 0 Å². The summed E-state index contributed by atoms with van der Waals surface area (Å²) in [5.74, 6) is 1.32. The topological polar surface area (TPSA) is 29.3 Å². The van der Waals surface area contributed by atoms with Gasteiger partial charge in [-0.05, 0) is 31.2 Å². The van der Waals surface area contributed by atoms with Crippen LogP contribution in [0.25, 0.3) is 0 Å². The third kappa shape index (κ3) is 3.14. The lowest BCUT2D eigenvalue weighted by molar-refractivity contribution is 0.165. The van der Waals surface area contributed by atoms with Gasteiger partial charge in [0.25, 0.3) is 0 Å². The fourth-order valence-corrected chi connectivity index (χ4v) is 3.47. The minimum Gasteiger partial charge on any atom is -0.330 e. The lowest BCUT2D eigenvalue weighted by Gasteiger charge is -2.34. The molecule has 2 atom stereocenters. The average Bonchev–Trinajstić information content (AvgIpc) is 2.51. The maximum Gasteiger partial charge on any atom is 0.0217 e. The highest BCUT2D eigenvalue weighted by Crippen LogP contribution is 2.30. The van der Waals surface area contributed by atoms with Crippen molar-refractivity contribution in [3.8, 4) is 0 Å². The highest BCUT2D eigenvalue weighted by Gasteiger charge is 2.30. The quantitative estimate of drug-likeness (QED) is 0.777. The van der Waals surface area contributed by atoms with Gasteiger partial charge in [0.2, 0.25) is 0 Å². The first-order chi connectivity index (χ1) is 6.46. The lowest BCUT2D eigenvalue weighted by atomic mass is 9.92. The molecule has 3 heteroatoms. The van der Waals surface area contributed by atoms with E-state index in [9.17, 15) is 0 Å². The number of nitrogens with two attached hydrogens (primary N) is 1. The van der Waals surface area contributed by atoms with Gasteiger partial charge in [-0.3, -0.25) is 0 Å². The molecule has 0 amide bonds. The Labute approximate surface area is 92.6 Å². The molecule has 0 spiro atoms. The van der Waals surface area contributed by atoms with Gasteiger partial charge in [0.05, 0.1) is 0 Å². The van der Waals surface area contributed by atoms with E-state index >= 15 is 0 Å². The summed E-state index contributed by atoms with van der Waals surface area (Å²) in [5, 5.41) is 0.786. The Morgan fingerprint density at radius 3 is 2.57 bits per heavy atom. The van der Waals surface area contributed by atoms with E-state index < -0.39 is 0 Å². The van der Waals surface area contributed by atoms with Crippen LogP contribution < -0.4 is 5.73 Å². The van der Waals surface area contributed by atoms with Crippen LogP contribution in [0.5, 0.6) is 0 Å². The number of hydrogen-bond donors (Lipinski definition) is 1. The van der Waals surface area contributed by atoms with Gasteiger partial charge in [0.1, 0.15) is 0 Å². The zero-order valence-electron chi connectivity index (χ0n) is 9.92. The van der Waals surface area contributed by atoms with Crippen molar-refractivity contribution in [3.05, 3.63) is 0 Å². The smallest absolute Gasteiger partial charge is 0.0217 e. The first-order valence-corrected chi connectivity index (χ1v) is 6.53. The van der Waals surface area contributed by atoms with Crippen LogP contribution in [0, 0.1) is 5.41 Å². The van der Waals surface area contributed by atoms with Crippen molar-refractivity contribution >= 4 is 11.8 Å². The number of rotatable bonds is 4. The molecule has 2 N–H and O–H groups in total. The molecule has 0 aromatic rings. The second kappa shape index (κ2) is 4.86. The van der Waals surface area contributed by atoms with E-state index in [1.54, 1.807) is 0 Å². The van der Waals surface area contributed by atoms with Crippen LogP contribution in [0.1, 0.15) is 27.2 Å². The molecule has 84 valence electrons. The molecule has 0 aromatic carbocycles. The Morgan fingerprint density at radius 2 is 2.14 bits per heavy atom. The second-order valence-corrected chi connectivity index (χ2v) is 6.70. The van der Waals surface area contributed by atoms with Gasteiger partial charge in [-0.1, -0.05) is 20.8 Å². The highest BCUT2D eigenvalue weighted by molar-refractivity contribution is 8.00. The Kier molecular flexibility index (Phi) is 4.29. The summed E-state index contributed by atoms with van der Waals surface area (Å²) in [4.78, 5) is 2.50. The second-order valence-electron chi connectivity index (χ2n) is 5.22. The molecular weight excluding hydrogens is 192 g/mol. The van der Waals surface area contributed by atoms with Crippen LogP contribution in [0.15, 0.2) is 0 Å². The Morgan fingerprint density at radius 1 is 1.50 bits per heavy atom. The number of hydrogen-bond acceptors (Lipinski definition) is 3. The lowest BCUT2D eigenvalue weighted by Crippen LogP contribution is -2.43. The third-order valence-corrected chi connectivity index (χ3v) is 4.44. The zero-order valence-corrected chi connectivity index (χ0v) is 10.7. The SMILES string of the molecule is CC1SCCC1N(C)CC(C)(C)CN. The first kappa shape index (κ1) is 12.3.